The van der Waals surface area contributed by atoms with Crippen LogP contribution < -0.4 is 4.74 Å². The summed E-state index contributed by atoms with van der Waals surface area (Å²) < 4.78 is 44.0. The summed E-state index contributed by atoms with van der Waals surface area (Å²) >= 11 is 0. The van der Waals surface area contributed by atoms with Crippen molar-refractivity contribution < 1.29 is 17.9 Å². The molecular weight excluding hydrogens is 255 g/mol. The van der Waals surface area contributed by atoms with Crippen molar-refractivity contribution in [2.45, 2.75) is 38.5 Å². The Balaban J connectivity index is 2.26. The van der Waals surface area contributed by atoms with Crippen LogP contribution in [0.2, 0.25) is 0 Å². The van der Waals surface area contributed by atoms with Crippen molar-refractivity contribution in [2.75, 3.05) is 0 Å². The first-order chi connectivity index (χ1) is 8.91. The second kappa shape index (κ2) is 5.12. The van der Waals surface area contributed by atoms with Gasteiger partial charge in [0, 0.05) is 0 Å². The van der Waals surface area contributed by atoms with Crippen LogP contribution in [0.25, 0.3) is 0 Å². The molecule has 0 heterocycles. The fraction of sp³-hybridized carbons (Fsp3) is 0.500. The lowest BCUT2D eigenvalue weighted by Gasteiger charge is -2.19. The summed E-state index contributed by atoms with van der Waals surface area (Å²) in [4.78, 5) is 0. The van der Waals surface area contributed by atoms with Gasteiger partial charge in [0.2, 0.25) is 0 Å². The molecule has 1 saturated carbocycles. The Bertz CT molecular complexity index is 504. The quantitative estimate of drug-likeness (QED) is 0.808. The molecule has 5 heteroatoms. The number of benzene rings is 1. The van der Waals surface area contributed by atoms with Crippen molar-refractivity contribution in [3.05, 3.63) is 29.3 Å². The number of rotatable bonds is 2. The second-order valence-corrected chi connectivity index (χ2v) is 4.88. The molecule has 2 rings (SSSR count). The molecular formula is C14H14F3NO. The predicted molar refractivity (Wildman–Crippen MR) is 63.6 cm³/mol. The lowest BCUT2D eigenvalue weighted by atomic mass is 10.1. The van der Waals surface area contributed by atoms with Crippen LogP contribution in [-0.2, 0) is 6.18 Å². The summed E-state index contributed by atoms with van der Waals surface area (Å²) in [6.07, 6.45) is -1.63. The molecule has 2 nitrogen and oxygen atoms in total. The first kappa shape index (κ1) is 13.7. The van der Waals surface area contributed by atoms with Gasteiger partial charge < -0.3 is 4.74 Å². The smallest absolute Gasteiger partial charge is 0.417 e. The lowest BCUT2D eigenvalue weighted by Crippen LogP contribution is -2.19. The summed E-state index contributed by atoms with van der Waals surface area (Å²) in [5.41, 5.74) is -1.31. The average Bonchev–Trinajstić information content (AvgIpc) is 2.74. The fourth-order valence-corrected chi connectivity index (χ4v) is 2.39. The third kappa shape index (κ3) is 3.01. The maximum absolute atomic E-state index is 12.8. The fourth-order valence-electron chi connectivity index (χ4n) is 2.39. The number of hydrogen-bond donors (Lipinski definition) is 0. The zero-order valence-electron chi connectivity index (χ0n) is 10.5. The molecule has 1 aromatic carbocycles. The maximum Gasteiger partial charge on any atom is 0.417 e. The molecule has 2 atom stereocenters. The zero-order valence-corrected chi connectivity index (χ0v) is 10.5. The van der Waals surface area contributed by atoms with Crippen LogP contribution in [-0.4, -0.2) is 6.10 Å². The molecule has 0 saturated heterocycles. The highest BCUT2D eigenvalue weighted by Crippen LogP contribution is 2.36. The van der Waals surface area contributed by atoms with Crippen LogP contribution in [0.3, 0.4) is 0 Å². The van der Waals surface area contributed by atoms with Crippen LogP contribution in [0.4, 0.5) is 13.2 Å². The molecule has 0 N–H and O–H groups in total. The highest BCUT2D eigenvalue weighted by atomic mass is 19.4. The van der Waals surface area contributed by atoms with E-state index < -0.39 is 11.7 Å². The van der Waals surface area contributed by atoms with E-state index in [1.807, 2.05) is 6.92 Å². The van der Waals surface area contributed by atoms with Crippen molar-refractivity contribution in [1.82, 2.24) is 0 Å². The standard InChI is InChI=1S/C14H14F3NO/c1-9-3-2-4-13(9)19-11-6-5-10(8-18)12(7-11)14(15,16)17/h5-7,9,13H,2-4H2,1H3/t9-,13-/m0/s1. The largest absolute Gasteiger partial charge is 0.490 e. The van der Waals surface area contributed by atoms with E-state index in [0.717, 1.165) is 31.4 Å². The molecule has 0 amide bonds. The van der Waals surface area contributed by atoms with Crippen molar-refractivity contribution in [3.63, 3.8) is 0 Å². The van der Waals surface area contributed by atoms with E-state index in [1.54, 1.807) is 6.07 Å². The second-order valence-electron chi connectivity index (χ2n) is 4.88. The van der Waals surface area contributed by atoms with Gasteiger partial charge >= 0.3 is 6.18 Å². The van der Waals surface area contributed by atoms with Crippen molar-refractivity contribution in [3.8, 4) is 11.8 Å². The minimum absolute atomic E-state index is 0.0333. The topological polar surface area (TPSA) is 33.0 Å². The molecule has 102 valence electrons. The number of ether oxygens (including phenoxy) is 1. The van der Waals surface area contributed by atoms with Gasteiger partial charge in [0.1, 0.15) is 11.9 Å². The van der Waals surface area contributed by atoms with Gasteiger partial charge in [0.15, 0.2) is 0 Å². The molecule has 19 heavy (non-hydrogen) atoms. The van der Waals surface area contributed by atoms with Gasteiger partial charge in [-0.25, -0.2) is 0 Å². The van der Waals surface area contributed by atoms with Gasteiger partial charge in [-0.2, -0.15) is 18.4 Å². The molecule has 0 aromatic heterocycles. The monoisotopic (exact) mass is 269 g/mol. The minimum atomic E-state index is -4.54. The molecule has 1 fully saturated rings. The van der Waals surface area contributed by atoms with Gasteiger partial charge in [0.05, 0.1) is 17.2 Å². The summed E-state index contributed by atoms with van der Waals surface area (Å²) in [6.45, 7) is 2.03. The Morgan fingerprint density at radius 3 is 2.58 bits per heavy atom. The zero-order chi connectivity index (χ0) is 14.0. The molecule has 0 unspecified atom stereocenters. The molecule has 1 aromatic rings. The van der Waals surface area contributed by atoms with Gasteiger partial charge in [-0.1, -0.05) is 6.92 Å². The molecule has 1 aliphatic rings. The van der Waals surface area contributed by atoms with Crippen molar-refractivity contribution >= 4 is 0 Å². The van der Waals surface area contributed by atoms with Gasteiger partial charge in [0.25, 0.3) is 0 Å². The van der Waals surface area contributed by atoms with Gasteiger partial charge in [-0.3, -0.25) is 0 Å². The Kier molecular flexibility index (Phi) is 3.70. The van der Waals surface area contributed by atoms with E-state index in [2.05, 4.69) is 0 Å². The normalized spacial score (nSPS) is 23.1. The first-order valence-electron chi connectivity index (χ1n) is 6.20. The van der Waals surface area contributed by atoms with Crippen molar-refractivity contribution in [2.24, 2.45) is 5.92 Å². The molecule has 0 bridgehead atoms. The van der Waals surface area contributed by atoms with Crippen LogP contribution in [0.1, 0.15) is 37.3 Å². The number of hydrogen-bond acceptors (Lipinski definition) is 2. The van der Waals surface area contributed by atoms with E-state index >= 15 is 0 Å². The number of nitriles is 1. The van der Waals surface area contributed by atoms with Gasteiger partial charge in [-0.05, 0) is 43.4 Å². The molecule has 0 spiro atoms. The highest BCUT2D eigenvalue weighted by Gasteiger charge is 2.34. The number of nitrogens with zero attached hydrogens (tertiary/aromatic N) is 1. The number of alkyl halides is 3. The summed E-state index contributed by atoms with van der Waals surface area (Å²) in [5.74, 6) is 0.537. The predicted octanol–water partition coefficient (Wildman–Crippen LogP) is 4.14. The van der Waals surface area contributed by atoms with E-state index in [0.29, 0.717) is 5.92 Å². The first-order valence-corrected chi connectivity index (χ1v) is 6.20. The van der Waals surface area contributed by atoms with Gasteiger partial charge in [-0.15, -0.1) is 0 Å². The highest BCUT2D eigenvalue weighted by molar-refractivity contribution is 5.44. The minimum Gasteiger partial charge on any atom is -0.490 e. The summed E-state index contributed by atoms with van der Waals surface area (Å²) in [5, 5.41) is 8.71. The Labute approximate surface area is 109 Å². The average molecular weight is 269 g/mol. The third-order valence-corrected chi connectivity index (χ3v) is 3.49. The van der Waals surface area contributed by atoms with Crippen LogP contribution in [0, 0.1) is 17.2 Å². The number of halogens is 3. The molecule has 1 aliphatic carbocycles. The van der Waals surface area contributed by atoms with E-state index in [4.69, 9.17) is 10.00 Å². The van der Waals surface area contributed by atoms with Crippen LogP contribution >= 0.6 is 0 Å². The SMILES string of the molecule is C[C@H]1CCC[C@@H]1Oc1ccc(C#N)c(C(F)(F)F)c1. The molecule has 0 radical (unpaired) electrons. The van der Waals surface area contributed by atoms with E-state index in [9.17, 15) is 13.2 Å². The van der Waals surface area contributed by atoms with E-state index in [-0.39, 0.29) is 17.4 Å². The van der Waals surface area contributed by atoms with Crippen LogP contribution in [0.5, 0.6) is 5.75 Å². The maximum atomic E-state index is 12.8. The van der Waals surface area contributed by atoms with Crippen LogP contribution in [0.15, 0.2) is 18.2 Å². The Hall–Kier alpha value is -1.70. The summed E-state index contributed by atoms with van der Waals surface area (Å²) in [6, 6.07) is 5.07. The summed E-state index contributed by atoms with van der Waals surface area (Å²) in [7, 11) is 0. The van der Waals surface area contributed by atoms with E-state index in [1.165, 1.54) is 6.07 Å². The third-order valence-electron chi connectivity index (χ3n) is 3.49. The Morgan fingerprint density at radius 2 is 2.05 bits per heavy atom. The Morgan fingerprint density at radius 1 is 1.32 bits per heavy atom. The lowest BCUT2D eigenvalue weighted by molar-refractivity contribution is -0.137. The molecule has 0 aliphatic heterocycles. The van der Waals surface area contributed by atoms with Crippen molar-refractivity contribution in [1.29, 1.82) is 5.26 Å².